The maximum absolute atomic E-state index is 12.2. The number of hydrogen-bond donors (Lipinski definition) is 5. The van der Waals surface area contributed by atoms with Crippen molar-refractivity contribution < 1.29 is 34.5 Å². The van der Waals surface area contributed by atoms with E-state index in [9.17, 15) is 19.8 Å². The zero-order valence-corrected chi connectivity index (χ0v) is 25.4. The zero-order chi connectivity index (χ0) is 31.6. The van der Waals surface area contributed by atoms with Gasteiger partial charge in [0.15, 0.2) is 6.29 Å². The molecule has 240 valence electrons. The summed E-state index contributed by atoms with van der Waals surface area (Å²) in [6.45, 7) is 2.64. The summed E-state index contributed by atoms with van der Waals surface area (Å²) in [6, 6.07) is 24.0. The van der Waals surface area contributed by atoms with Gasteiger partial charge in [-0.05, 0) is 53.1 Å². The maximum Gasteiger partial charge on any atom is 0.243 e. The van der Waals surface area contributed by atoms with Gasteiger partial charge in [0.1, 0.15) is 0 Å². The molecule has 3 aromatic carbocycles. The zero-order valence-electron chi connectivity index (χ0n) is 25.4. The van der Waals surface area contributed by atoms with Crippen LogP contribution >= 0.6 is 0 Å². The number of hydrogen-bond acceptors (Lipinski definition) is 8. The number of ether oxygens (including phenoxy) is 2. The molecular weight excluding hydrogens is 574 g/mol. The molecule has 0 aliphatic carbocycles. The lowest BCUT2D eigenvalue weighted by atomic mass is 9.99. The lowest BCUT2D eigenvalue weighted by Gasteiger charge is -2.37. The summed E-state index contributed by atoms with van der Waals surface area (Å²) in [4.78, 5) is 25.6. The van der Waals surface area contributed by atoms with E-state index in [1.54, 1.807) is 5.48 Å². The number of carbonyl (C=O) groups is 2. The Morgan fingerprint density at radius 1 is 0.867 bits per heavy atom. The Morgan fingerprint density at radius 2 is 1.60 bits per heavy atom. The Bertz CT molecular complexity index is 1400. The average Bonchev–Trinajstić information content (AvgIpc) is 3.49. The van der Waals surface area contributed by atoms with Gasteiger partial charge >= 0.3 is 0 Å². The van der Waals surface area contributed by atoms with Gasteiger partial charge in [0.25, 0.3) is 0 Å². The number of likely N-dealkylation sites (tertiary alicyclic amines) is 1. The first-order chi connectivity index (χ1) is 21.9. The SMILES string of the molecule is O=C(CCCCC(=O)NCc1cccc(-c2ccc(C3OC(CN4CCC(O)C4)CC(c4ccc(CO)cc4)O3)cc2)c1)NO. The predicted molar refractivity (Wildman–Crippen MR) is 168 cm³/mol. The van der Waals surface area contributed by atoms with E-state index >= 15 is 0 Å². The number of hydroxylamine groups is 1. The molecule has 0 aromatic heterocycles. The third-order valence-corrected chi connectivity index (χ3v) is 8.44. The second kappa shape index (κ2) is 16.1. The van der Waals surface area contributed by atoms with Crippen molar-refractivity contribution in [1.29, 1.82) is 0 Å². The fraction of sp³-hybridized carbons (Fsp3) is 0.429. The summed E-state index contributed by atoms with van der Waals surface area (Å²) in [5.74, 6) is -0.528. The number of nitrogens with zero attached hydrogens (tertiary/aromatic N) is 1. The number of carbonyl (C=O) groups excluding carboxylic acids is 2. The van der Waals surface area contributed by atoms with Crippen molar-refractivity contribution in [2.75, 3.05) is 19.6 Å². The van der Waals surface area contributed by atoms with Crippen LogP contribution in [0.3, 0.4) is 0 Å². The molecule has 10 heteroatoms. The summed E-state index contributed by atoms with van der Waals surface area (Å²) in [6.07, 6.45) is 2.02. The highest BCUT2D eigenvalue weighted by atomic mass is 16.7. The van der Waals surface area contributed by atoms with E-state index in [-0.39, 0.29) is 37.2 Å². The van der Waals surface area contributed by atoms with Crippen molar-refractivity contribution >= 4 is 11.8 Å². The van der Waals surface area contributed by atoms with E-state index in [2.05, 4.69) is 16.3 Å². The fourth-order valence-electron chi connectivity index (χ4n) is 5.91. The smallest absolute Gasteiger partial charge is 0.243 e. The molecule has 5 N–H and O–H groups in total. The third-order valence-electron chi connectivity index (χ3n) is 8.44. The predicted octanol–water partition coefficient (Wildman–Crippen LogP) is 4.14. The van der Waals surface area contributed by atoms with Gasteiger partial charge in [-0.2, -0.15) is 0 Å². The largest absolute Gasteiger partial charge is 0.392 e. The molecule has 5 rings (SSSR count). The molecule has 45 heavy (non-hydrogen) atoms. The van der Waals surface area contributed by atoms with E-state index in [0.717, 1.165) is 52.9 Å². The molecule has 2 aliphatic heterocycles. The molecule has 0 saturated carbocycles. The highest BCUT2D eigenvalue weighted by Gasteiger charge is 2.34. The molecule has 2 fully saturated rings. The van der Waals surface area contributed by atoms with Gasteiger partial charge < -0.3 is 25.0 Å². The minimum Gasteiger partial charge on any atom is -0.392 e. The molecule has 10 nitrogen and oxygen atoms in total. The summed E-state index contributed by atoms with van der Waals surface area (Å²) in [7, 11) is 0. The highest BCUT2D eigenvalue weighted by molar-refractivity contribution is 5.76. The molecule has 0 bridgehead atoms. The van der Waals surface area contributed by atoms with Crippen LogP contribution in [0.1, 0.15) is 73.2 Å². The van der Waals surface area contributed by atoms with Crippen molar-refractivity contribution in [2.24, 2.45) is 0 Å². The third kappa shape index (κ3) is 9.43. The molecule has 2 saturated heterocycles. The van der Waals surface area contributed by atoms with Crippen LogP contribution in [-0.2, 0) is 32.2 Å². The van der Waals surface area contributed by atoms with Crippen LogP contribution in [-0.4, -0.2) is 64.0 Å². The van der Waals surface area contributed by atoms with Gasteiger partial charge in [-0.15, -0.1) is 0 Å². The average molecular weight is 618 g/mol. The lowest BCUT2D eigenvalue weighted by Crippen LogP contribution is -2.38. The Labute approximate surface area is 263 Å². The fourth-order valence-corrected chi connectivity index (χ4v) is 5.91. The van der Waals surface area contributed by atoms with Crippen LogP contribution in [0.15, 0.2) is 72.8 Å². The van der Waals surface area contributed by atoms with E-state index < -0.39 is 12.2 Å². The Kier molecular flexibility index (Phi) is 11.7. The van der Waals surface area contributed by atoms with Crippen molar-refractivity contribution in [3.63, 3.8) is 0 Å². The first kappa shape index (κ1) is 32.7. The number of nitrogens with one attached hydrogen (secondary N) is 2. The van der Waals surface area contributed by atoms with E-state index in [4.69, 9.17) is 14.7 Å². The normalized spacial score (nSPS) is 21.8. The summed E-state index contributed by atoms with van der Waals surface area (Å²) in [5, 5.41) is 31.0. The summed E-state index contributed by atoms with van der Waals surface area (Å²) < 4.78 is 13.0. The number of amides is 2. The molecule has 2 aliphatic rings. The van der Waals surface area contributed by atoms with Crippen LogP contribution in [0.5, 0.6) is 0 Å². The van der Waals surface area contributed by atoms with Crippen LogP contribution < -0.4 is 10.8 Å². The molecule has 4 atom stereocenters. The van der Waals surface area contributed by atoms with Gasteiger partial charge in [0, 0.05) is 51.0 Å². The molecule has 2 amide bonds. The molecule has 4 unspecified atom stereocenters. The monoisotopic (exact) mass is 617 g/mol. The van der Waals surface area contributed by atoms with Crippen molar-refractivity contribution in [3.8, 4) is 11.1 Å². The minimum atomic E-state index is -0.549. The molecule has 3 aromatic rings. The molecule has 2 heterocycles. The van der Waals surface area contributed by atoms with Crippen LogP contribution in [0.2, 0.25) is 0 Å². The summed E-state index contributed by atoms with van der Waals surface area (Å²) in [5.41, 5.74) is 7.45. The van der Waals surface area contributed by atoms with Crippen molar-refractivity contribution in [1.82, 2.24) is 15.7 Å². The second-order valence-corrected chi connectivity index (χ2v) is 11.9. The van der Waals surface area contributed by atoms with Gasteiger partial charge in [0.2, 0.25) is 11.8 Å². The first-order valence-corrected chi connectivity index (χ1v) is 15.7. The van der Waals surface area contributed by atoms with Gasteiger partial charge in [-0.3, -0.25) is 19.7 Å². The van der Waals surface area contributed by atoms with Gasteiger partial charge in [-0.1, -0.05) is 66.7 Å². The Hall–Kier alpha value is -3.64. The number of benzene rings is 3. The maximum atomic E-state index is 12.2. The van der Waals surface area contributed by atoms with E-state index in [1.165, 1.54) is 0 Å². The molecular formula is C35H43N3O7. The minimum absolute atomic E-state index is 0.00358. The van der Waals surface area contributed by atoms with E-state index in [0.29, 0.717) is 38.8 Å². The van der Waals surface area contributed by atoms with Crippen molar-refractivity contribution in [2.45, 2.75) is 76.3 Å². The highest BCUT2D eigenvalue weighted by Crippen LogP contribution is 2.39. The summed E-state index contributed by atoms with van der Waals surface area (Å²) >= 11 is 0. The van der Waals surface area contributed by atoms with Gasteiger partial charge in [-0.25, -0.2) is 5.48 Å². The number of aliphatic hydroxyl groups is 2. The Morgan fingerprint density at radius 3 is 2.29 bits per heavy atom. The van der Waals surface area contributed by atoms with Crippen molar-refractivity contribution in [3.05, 3.63) is 95.1 Å². The number of aliphatic hydroxyl groups excluding tert-OH is 2. The van der Waals surface area contributed by atoms with Crippen LogP contribution in [0, 0.1) is 0 Å². The van der Waals surface area contributed by atoms with Crippen LogP contribution in [0.4, 0.5) is 0 Å². The second-order valence-electron chi connectivity index (χ2n) is 11.9. The van der Waals surface area contributed by atoms with E-state index in [1.807, 2.05) is 66.7 Å². The first-order valence-electron chi connectivity index (χ1n) is 15.7. The molecule has 0 radical (unpaired) electrons. The molecule has 0 spiro atoms. The topological polar surface area (TPSA) is 141 Å². The number of unbranched alkanes of at least 4 members (excludes halogenated alkanes) is 1. The number of rotatable bonds is 13. The quantitative estimate of drug-likeness (QED) is 0.110. The van der Waals surface area contributed by atoms with Gasteiger partial charge in [0.05, 0.1) is 24.9 Å². The lowest BCUT2D eigenvalue weighted by molar-refractivity contribution is -0.252. The number of β-amino-alcohol motifs (C(OH)–C–C–N with tert-alkyl or cyclic N) is 1. The Balaban J connectivity index is 1.21. The standard InChI is InChI=1S/C35H43N3O7/c39-23-24-8-10-27(11-9-24)32-19-31(22-38-17-16-30(40)21-38)44-35(45-32)28-14-12-26(13-15-28)29-5-3-4-25(18-29)20-36-33(41)6-1-2-7-34(42)37-43/h3-5,8-15,18,30-32,35,39-40,43H,1-2,6-7,16-17,19-23H2,(H,36,41)(H,37,42). The van der Waals surface area contributed by atoms with Crippen LogP contribution in [0.25, 0.3) is 11.1 Å².